The van der Waals surface area contributed by atoms with Gasteiger partial charge in [0, 0.05) is 18.0 Å². The molecule has 2 heterocycles. The van der Waals surface area contributed by atoms with Gasteiger partial charge in [0.25, 0.3) is 0 Å². The van der Waals surface area contributed by atoms with Crippen LogP contribution in [0.4, 0.5) is 0 Å². The van der Waals surface area contributed by atoms with Crippen molar-refractivity contribution in [2.24, 2.45) is 0 Å². The number of aromatic amines is 1. The molecule has 100 valence electrons. The smallest absolute Gasteiger partial charge is 0.107 e. The Bertz CT molecular complexity index is 571. The van der Waals surface area contributed by atoms with E-state index < -0.39 is 0 Å². The molecule has 1 fully saturated rings. The van der Waals surface area contributed by atoms with Crippen LogP contribution in [0.25, 0.3) is 11.3 Å². The van der Waals surface area contributed by atoms with E-state index in [0.717, 1.165) is 23.3 Å². The maximum Gasteiger partial charge on any atom is 0.107 e. The van der Waals surface area contributed by atoms with Gasteiger partial charge >= 0.3 is 0 Å². The highest BCUT2D eigenvalue weighted by Crippen LogP contribution is 2.35. The van der Waals surface area contributed by atoms with Gasteiger partial charge in [-0.15, -0.1) is 0 Å². The first-order valence-electron chi connectivity index (χ1n) is 6.78. The van der Waals surface area contributed by atoms with Gasteiger partial charge in [0.05, 0.1) is 10.2 Å². The Kier molecular flexibility index (Phi) is 3.71. The molecule has 1 aromatic heterocycles. The van der Waals surface area contributed by atoms with E-state index >= 15 is 0 Å². The Hall–Kier alpha value is -1.13. The Labute approximate surface area is 121 Å². The van der Waals surface area contributed by atoms with Gasteiger partial charge in [0.1, 0.15) is 5.69 Å². The van der Waals surface area contributed by atoms with Crippen LogP contribution in [0.3, 0.4) is 0 Å². The third-order valence-electron chi connectivity index (χ3n) is 3.84. The van der Waals surface area contributed by atoms with E-state index in [0.29, 0.717) is 5.92 Å². The predicted octanol–water partition coefficient (Wildman–Crippen LogP) is 3.61. The second-order valence-corrected chi connectivity index (χ2v) is 5.95. The van der Waals surface area contributed by atoms with Gasteiger partial charge in [-0.25, -0.2) is 0 Å². The highest BCUT2D eigenvalue weighted by molar-refractivity contribution is 9.10. The molecule has 4 heteroatoms. The van der Waals surface area contributed by atoms with Crippen LogP contribution in [-0.2, 0) is 0 Å². The van der Waals surface area contributed by atoms with Crippen molar-refractivity contribution in [1.29, 1.82) is 0 Å². The quantitative estimate of drug-likeness (QED) is 0.887. The molecule has 2 aromatic rings. The fourth-order valence-electron chi connectivity index (χ4n) is 2.73. The fourth-order valence-corrected chi connectivity index (χ4v) is 3.44. The lowest BCUT2D eigenvalue weighted by Crippen LogP contribution is -2.28. The summed E-state index contributed by atoms with van der Waals surface area (Å²) in [5, 5.41) is 11.2. The number of aromatic nitrogens is 2. The molecule has 1 atom stereocenters. The number of halogens is 1. The van der Waals surface area contributed by atoms with Gasteiger partial charge in [0.2, 0.25) is 0 Å². The summed E-state index contributed by atoms with van der Waals surface area (Å²) in [4.78, 5) is 0. The van der Waals surface area contributed by atoms with Crippen molar-refractivity contribution in [2.75, 3.05) is 13.1 Å². The molecule has 0 aliphatic carbocycles. The van der Waals surface area contributed by atoms with E-state index in [2.05, 4.69) is 62.6 Å². The fraction of sp³-hybridized carbons (Fsp3) is 0.400. The standard InChI is InChI=1S/C15H18BrN3/c1-10-5-2-3-7-12(10)15-13(16)14(18-19-15)11-6-4-8-17-9-11/h2-3,5,7,11,17H,4,6,8-9H2,1H3,(H,18,19). The van der Waals surface area contributed by atoms with Gasteiger partial charge in [-0.1, -0.05) is 24.3 Å². The van der Waals surface area contributed by atoms with E-state index in [1.165, 1.54) is 29.7 Å². The molecule has 2 N–H and O–H groups in total. The summed E-state index contributed by atoms with van der Waals surface area (Å²) in [5.74, 6) is 0.536. The summed E-state index contributed by atoms with van der Waals surface area (Å²) in [6, 6.07) is 8.37. The van der Waals surface area contributed by atoms with Crippen LogP contribution in [0.15, 0.2) is 28.7 Å². The minimum atomic E-state index is 0.536. The first kappa shape index (κ1) is 12.9. The van der Waals surface area contributed by atoms with Crippen molar-refractivity contribution < 1.29 is 0 Å². The first-order chi connectivity index (χ1) is 9.27. The van der Waals surface area contributed by atoms with Crippen LogP contribution in [0.5, 0.6) is 0 Å². The lowest BCUT2D eigenvalue weighted by atomic mass is 9.95. The first-order valence-corrected chi connectivity index (χ1v) is 7.57. The zero-order valence-electron chi connectivity index (χ0n) is 11.0. The van der Waals surface area contributed by atoms with Crippen molar-refractivity contribution in [3.8, 4) is 11.3 Å². The molecule has 1 aromatic carbocycles. The number of nitrogens with zero attached hydrogens (tertiary/aromatic N) is 1. The molecular weight excluding hydrogens is 302 g/mol. The minimum Gasteiger partial charge on any atom is -0.316 e. The second kappa shape index (κ2) is 5.47. The van der Waals surface area contributed by atoms with E-state index in [4.69, 9.17) is 0 Å². The van der Waals surface area contributed by atoms with Gasteiger partial charge in [0.15, 0.2) is 0 Å². The third kappa shape index (κ3) is 2.47. The lowest BCUT2D eigenvalue weighted by Gasteiger charge is -2.21. The van der Waals surface area contributed by atoms with Crippen molar-refractivity contribution in [3.63, 3.8) is 0 Å². The van der Waals surface area contributed by atoms with Gasteiger partial charge in [-0.2, -0.15) is 5.10 Å². The summed E-state index contributed by atoms with van der Waals surface area (Å²) < 4.78 is 1.12. The van der Waals surface area contributed by atoms with Crippen LogP contribution < -0.4 is 5.32 Å². The molecular formula is C15H18BrN3. The Morgan fingerprint density at radius 3 is 2.89 bits per heavy atom. The van der Waals surface area contributed by atoms with Gasteiger partial charge in [-0.3, -0.25) is 5.10 Å². The monoisotopic (exact) mass is 319 g/mol. The zero-order chi connectivity index (χ0) is 13.2. The number of aryl methyl sites for hydroxylation is 1. The highest BCUT2D eigenvalue weighted by atomic mass is 79.9. The molecule has 1 saturated heterocycles. The van der Waals surface area contributed by atoms with Gasteiger partial charge in [-0.05, 0) is 47.8 Å². The van der Waals surface area contributed by atoms with E-state index in [-0.39, 0.29) is 0 Å². The normalized spacial score (nSPS) is 19.6. The number of H-pyrrole nitrogens is 1. The Morgan fingerprint density at radius 1 is 1.32 bits per heavy atom. The van der Waals surface area contributed by atoms with Gasteiger partial charge < -0.3 is 5.32 Å². The molecule has 3 nitrogen and oxygen atoms in total. The third-order valence-corrected chi connectivity index (χ3v) is 4.64. The average molecular weight is 320 g/mol. The van der Waals surface area contributed by atoms with Crippen molar-refractivity contribution in [1.82, 2.24) is 15.5 Å². The van der Waals surface area contributed by atoms with E-state index in [1.807, 2.05) is 0 Å². The molecule has 19 heavy (non-hydrogen) atoms. The molecule has 1 unspecified atom stereocenters. The Morgan fingerprint density at radius 2 is 2.16 bits per heavy atom. The maximum absolute atomic E-state index is 4.52. The number of nitrogens with one attached hydrogen (secondary N) is 2. The summed E-state index contributed by atoms with van der Waals surface area (Å²) in [5.41, 5.74) is 4.70. The number of rotatable bonds is 2. The number of benzene rings is 1. The highest BCUT2D eigenvalue weighted by Gasteiger charge is 2.22. The van der Waals surface area contributed by atoms with Crippen molar-refractivity contribution in [3.05, 3.63) is 40.0 Å². The SMILES string of the molecule is Cc1ccccc1-c1n[nH]c(C2CCCNC2)c1Br. The van der Waals surface area contributed by atoms with Crippen LogP contribution in [-0.4, -0.2) is 23.3 Å². The van der Waals surface area contributed by atoms with Crippen LogP contribution in [0.1, 0.15) is 30.0 Å². The Balaban J connectivity index is 1.97. The van der Waals surface area contributed by atoms with Crippen LogP contribution in [0, 0.1) is 6.92 Å². The predicted molar refractivity (Wildman–Crippen MR) is 81.3 cm³/mol. The van der Waals surface area contributed by atoms with E-state index in [1.54, 1.807) is 0 Å². The van der Waals surface area contributed by atoms with Crippen molar-refractivity contribution in [2.45, 2.75) is 25.7 Å². The van der Waals surface area contributed by atoms with Crippen LogP contribution in [0.2, 0.25) is 0 Å². The molecule has 0 radical (unpaired) electrons. The summed E-state index contributed by atoms with van der Waals surface area (Å²) in [7, 11) is 0. The summed E-state index contributed by atoms with van der Waals surface area (Å²) in [6.07, 6.45) is 2.46. The molecule has 0 bridgehead atoms. The second-order valence-electron chi connectivity index (χ2n) is 5.16. The summed E-state index contributed by atoms with van der Waals surface area (Å²) >= 11 is 3.74. The zero-order valence-corrected chi connectivity index (χ0v) is 12.6. The molecule has 0 saturated carbocycles. The lowest BCUT2D eigenvalue weighted by molar-refractivity contribution is 0.453. The van der Waals surface area contributed by atoms with Crippen molar-refractivity contribution >= 4 is 15.9 Å². The topological polar surface area (TPSA) is 40.7 Å². The molecule has 0 spiro atoms. The number of piperidine rings is 1. The van der Waals surface area contributed by atoms with Crippen LogP contribution >= 0.6 is 15.9 Å². The number of hydrogen-bond acceptors (Lipinski definition) is 2. The number of hydrogen-bond donors (Lipinski definition) is 2. The molecule has 0 amide bonds. The molecule has 3 rings (SSSR count). The summed E-state index contributed by atoms with van der Waals surface area (Å²) in [6.45, 7) is 4.29. The minimum absolute atomic E-state index is 0.536. The average Bonchev–Trinajstić information content (AvgIpc) is 2.82. The largest absolute Gasteiger partial charge is 0.316 e. The van der Waals surface area contributed by atoms with E-state index in [9.17, 15) is 0 Å². The maximum atomic E-state index is 4.52. The molecule has 1 aliphatic rings. The molecule has 1 aliphatic heterocycles.